The third kappa shape index (κ3) is 1.43. The number of nitrogens with zero attached hydrogens (tertiary/aromatic N) is 5. The van der Waals surface area contributed by atoms with Crippen LogP contribution in [-0.4, -0.2) is 44.0 Å². The second-order valence-electron chi connectivity index (χ2n) is 3.33. The van der Waals surface area contributed by atoms with Crippen molar-refractivity contribution in [3.63, 3.8) is 0 Å². The number of hydrogen-bond acceptors (Lipinski definition) is 6. The summed E-state index contributed by atoms with van der Waals surface area (Å²) in [5.41, 5.74) is 5.48. The molecule has 2 rings (SSSR count). The smallest absolute Gasteiger partial charge is 0.253 e. The van der Waals surface area contributed by atoms with Crippen LogP contribution in [0.2, 0.25) is 0 Å². The first-order valence-corrected chi connectivity index (χ1v) is 4.45. The molecule has 0 aromatic carbocycles. The van der Waals surface area contributed by atoms with E-state index in [-0.39, 0.29) is 17.8 Å². The van der Waals surface area contributed by atoms with Gasteiger partial charge < -0.3 is 5.73 Å². The van der Waals surface area contributed by atoms with Crippen LogP contribution < -0.4 is 5.73 Å². The molecule has 8 nitrogen and oxygen atoms in total. The molecule has 8 heteroatoms. The van der Waals surface area contributed by atoms with Gasteiger partial charge in [-0.15, -0.1) is 0 Å². The van der Waals surface area contributed by atoms with Crippen LogP contribution in [0.15, 0.2) is 0 Å². The Labute approximate surface area is 85.0 Å². The summed E-state index contributed by atoms with van der Waals surface area (Å²) in [5.74, 6) is -0.441. The Balaban J connectivity index is 2.29. The Bertz CT molecular complexity index is 413. The number of imide groups is 1. The Morgan fingerprint density at radius 1 is 1.47 bits per heavy atom. The van der Waals surface area contributed by atoms with Crippen molar-refractivity contribution in [3.05, 3.63) is 0 Å². The summed E-state index contributed by atoms with van der Waals surface area (Å²) in [6, 6.07) is -0.567. The standard InChI is InChI=1S/C7H10N6O2/c1-12-5(14)3-2-4(6(12)15)13-7(8)9-10-11-13/h4H,2-3H2,1H3,(H2,8,9,11). The van der Waals surface area contributed by atoms with Gasteiger partial charge in [-0.05, 0) is 16.8 Å². The maximum Gasteiger partial charge on any atom is 0.253 e. The highest BCUT2D eigenvalue weighted by Crippen LogP contribution is 2.22. The normalized spacial score (nSPS) is 22.2. The number of likely N-dealkylation sites (tertiary alicyclic amines) is 1. The van der Waals surface area contributed by atoms with Crippen LogP contribution in [0.5, 0.6) is 0 Å². The molecule has 0 saturated carbocycles. The molecule has 2 heterocycles. The number of carbonyl (C=O) groups is 2. The molecule has 0 aliphatic carbocycles. The molecule has 1 aliphatic rings. The first-order chi connectivity index (χ1) is 7.11. The second kappa shape index (κ2) is 3.30. The largest absolute Gasteiger partial charge is 0.367 e. The topological polar surface area (TPSA) is 107 Å². The average molecular weight is 210 g/mol. The lowest BCUT2D eigenvalue weighted by Gasteiger charge is -2.27. The van der Waals surface area contributed by atoms with Crippen molar-refractivity contribution in [1.82, 2.24) is 25.1 Å². The van der Waals surface area contributed by atoms with Crippen LogP contribution in [0.3, 0.4) is 0 Å². The third-order valence-electron chi connectivity index (χ3n) is 2.43. The summed E-state index contributed by atoms with van der Waals surface area (Å²) in [6.45, 7) is 0. The predicted octanol–water partition coefficient (Wildman–Crippen LogP) is -1.42. The highest BCUT2D eigenvalue weighted by atomic mass is 16.2. The molecule has 0 radical (unpaired) electrons. The van der Waals surface area contributed by atoms with Crippen molar-refractivity contribution in [2.75, 3.05) is 12.8 Å². The van der Waals surface area contributed by atoms with E-state index in [4.69, 9.17) is 5.73 Å². The Morgan fingerprint density at radius 2 is 2.20 bits per heavy atom. The van der Waals surface area contributed by atoms with Crippen LogP contribution in [-0.2, 0) is 9.59 Å². The SMILES string of the molecule is CN1C(=O)CCC(n2nnnc2N)C1=O. The lowest BCUT2D eigenvalue weighted by molar-refractivity contribution is -0.149. The Hall–Kier alpha value is -1.99. The number of tetrazole rings is 1. The molecule has 1 unspecified atom stereocenters. The van der Waals surface area contributed by atoms with Gasteiger partial charge in [0.25, 0.3) is 5.91 Å². The molecular formula is C7H10N6O2. The van der Waals surface area contributed by atoms with Crippen molar-refractivity contribution in [1.29, 1.82) is 0 Å². The number of aromatic nitrogens is 4. The summed E-state index contributed by atoms with van der Waals surface area (Å²) < 4.78 is 1.24. The summed E-state index contributed by atoms with van der Waals surface area (Å²) in [7, 11) is 1.44. The second-order valence-corrected chi connectivity index (χ2v) is 3.33. The Kier molecular flexibility index (Phi) is 2.10. The van der Waals surface area contributed by atoms with E-state index in [0.717, 1.165) is 4.90 Å². The number of rotatable bonds is 1. The number of likely N-dealkylation sites (N-methyl/N-ethyl adjacent to an activating group) is 1. The number of anilines is 1. The van der Waals surface area contributed by atoms with E-state index in [1.54, 1.807) is 0 Å². The lowest BCUT2D eigenvalue weighted by Crippen LogP contribution is -2.43. The van der Waals surface area contributed by atoms with Crippen molar-refractivity contribution in [3.8, 4) is 0 Å². The van der Waals surface area contributed by atoms with Crippen LogP contribution in [0.4, 0.5) is 5.95 Å². The van der Waals surface area contributed by atoms with E-state index >= 15 is 0 Å². The minimum Gasteiger partial charge on any atom is -0.367 e. The zero-order chi connectivity index (χ0) is 11.0. The van der Waals surface area contributed by atoms with Crippen LogP contribution in [0, 0.1) is 0 Å². The number of nitrogens with two attached hydrogens (primary N) is 1. The van der Waals surface area contributed by atoms with Gasteiger partial charge in [-0.25, -0.2) is 0 Å². The summed E-state index contributed by atoms with van der Waals surface area (Å²) in [4.78, 5) is 24.0. The first kappa shape index (κ1) is 9.56. The first-order valence-electron chi connectivity index (χ1n) is 4.45. The molecule has 0 spiro atoms. The zero-order valence-electron chi connectivity index (χ0n) is 8.12. The molecule has 2 amide bonds. The van der Waals surface area contributed by atoms with Crippen molar-refractivity contribution < 1.29 is 9.59 Å². The summed E-state index contributed by atoms with van der Waals surface area (Å²) >= 11 is 0. The molecular weight excluding hydrogens is 200 g/mol. The van der Waals surface area contributed by atoms with Gasteiger partial charge in [-0.1, -0.05) is 5.10 Å². The zero-order valence-corrected chi connectivity index (χ0v) is 8.12. The monoisotopic (exact) mass is 210 g/mol. The number of hydrogen-bond donors (Lipinski definition) is 1. The lowest BCUT2D eigenvalue weighted by atomic mass is 10.1. The molecule has 1 aliphatic heterocycles. The van der Waals surface area contributed by atoms with E-state index in [9.17, 15) is 9.59 Å². The molecule has 80 valence electrons. The number of nitrogen functional groups attached to an aromatic ring is 1. The fourth-order valence-corrected chi connectivity index (χ4v) is 1.55. The van der Waals surface area contributed by atoms with Crippen molar-refractivity contribution in [2.24, 2.45) is 0 Å². The van der Waals surface area contributed by atoms with Gasteiger partial charge in [0, 0.05) is 13.5 Å². The average Bonchev–Trinajstić information content (AvgIpc) is 2.62. The van der Waals surface area contributed by atoms with E-state index in [2.05, 4.69) is 15.5 Å². The number of carbonyl (C=O) groups excluding carboxylic acids is 2. The fourth-order valence-electron chi connectivity index (χ4n) is 1.55. The maximum atomic E-state index is 11.7. The van der Waals surface area contributed by atoms with E-state index in [1.807, 2.05) is 0 Å². The van der Waals surface area contributed by atoms with Crippen molar-refractivity contribution in [2.45, 2.75) is 18.9 Å². The maximum absolute atomic E-state index is 11.7. The van der Waals surface area contributed by atoms with E-state index < -0.39 is 6.04 Å². The van der Waals surface area contributed by atoms with Gasteiger partial charge in [-0.3, -0.25) is 14.5 Å². The quantitative estimate of drug-likeness (QED) is 0.570. The van der Waals surface area contributed by atoms with Crippen LogP contribution >= 0.6 is 0 Å². The highest BCUT2D eigenvalue weighted by molar-refractivity contribution is 5.99. The van der Waals surface area contributed by atoms with Gasteiger partial charge in [-0.2, -0.15) is 4.68 Å². The van der Waals surface area contributed by atoms with Crippen LogP contribution in [0.25, 0.3) is 0 Å². The van der Waals surface area contributed by atoms with Crippen LogP contribution in [0.1, 0.15) is 18.9 Å². The number of piperidine rings is 1. The number of amides is 2. The Morgan fingerprint density at radius 3 is 2.80 bits per heavy atom. The molecule has 0 bridgehead atoms. The minimum atomic E-state index is -0.567. The molecule has 1 aromatic heterocycles. The highest BCUT2D eigenvalue weighted by Gasteiger charge is 2.34. The van der Waals surface area contributed by atoms with Gasteiger partial charge in [0.1, 0.15) is 6.04 Å². The van der Waals surface area contributed by atoms with Gasteiger partial charge in [0.2, 0.25) is 11.9 Å². The summed E-state index contributed by atoms with van der Waals surface area (Å²) in [6.07, 6.45) is 0.684. The molecule has 1 aromatic rings. The molecule has 1 fully saturated rings. The third-order valence-corrected chi connectivity index (χ3v) is 2.43. The molecule has 2 N–H and O–H groups in total. The minimum absolute atomic E-state index is 0.0797. The van der Waals surface area contributed by atoms with Gasteiger partial charge in [0.15, 0.2) is 0 Å². The molecule has 1 saturated heterocycles. The summed E-state index contributed by atoms with van der Waals surface area (Å²) in [5, 5.41) is 10.5. The van der Waals surface area contributed by atoms with E-state index in [0.29, 0.717) is 12.8 Å². The predicted molar refractivity (Wildman–Crippen MR) is 48.3 cm³/mol. The molecule has 1 atom stereocenters. The van der Waals surface area contributed by atoms with Crippen molar-refractivity contribution >= 4 is 17.8 Å². The van der Waals surface area contributed by atoms with E-state index in [1.165, 1.54) is 11.7 Å². The molecule has 15 heavy (non-hydrogen) atoms. The van der Waals surface area contributed by atoms with Gasteiger partial charge in [0.05, 0.1) is 0 Å². The van der Waals surface area contributed by atoms with Gasteiger partial charge >= 0.3 is 0 Å². The fraction of sp³-hybridized carbons (Fsp3) is 0.571.